The van der Waals surface area contributed by atoms with E-state index in [0.717, 1.165) is 12.8 Å². The lowest BCUT2D eigenvalue weighted by Gasteiger charge is -2.33. The van der Waals surface area contributed by atoms with E-state index in [1.807, 2.05) is 6.92 Å². The monoisotopic (exact) mass is 242 g/mol. The van der Waals surface area contributed by atoms with E-state index in [0.29, 0.717) is 39.1 Å². The lowest BCUT2D eigenvalue weighted by atomic mass is 9.75. The minimum absolute atomic E-state index is 0.0118. The molecule has 4 nitrogen and oxygen atoms in total. The Morgan fingerprint density at radius 1 is 1.24 bits per heavy atom. The first-order valence-electron chi connectivity index (χ1n) is 6.45. The van der Waals surface area contributed by atoms with E-state index in [1.54, 1.807) is 6.92 Å². The van der Waals surface area contributed by atoms with Gasteiger partial charge in [0.2, 0.25) is 0 Å². The van der Waals surface area contributed by atoms with Crippen molar-refractivity contribution in [1.29, 1.82) is 0 Å². The fraction of sp³-hybridized carbons (Fsp3) is 0.846. The van der Waals surface area contributed by atoms with Crippen LogP contribution >= 0.6 is 0 Å². The van der Waals surface area contributed by atoms with Crippen molar-refractivity contribution in [2.45, 2.75) is 46.0 Å². The zero-order chi connectivity index (χ0) is 12.7. The molecule has 0 spiro atoms. The number of Topliss-reactive ketones (excluding diaryl/α,β-unsaturated/α-hetero) is 1. The van der Waals surface area contributed by atoms with E-state index < -0.39 is 5.41 Å². The second kappa shape index (κ2) is 6.74. The second-order valence-corrected chi connectivity index (χ2v) is 4.46. The number of ether oxygens (including phenoxy) is 2. The molecule has 1 aliphatic heterocycles. The van der Waals surface area contributed by atoms with Crippen LogP contribution in [0, 0.1) is 5.41 Å². The van der Waals surface area contributed by atoms with Gasteiger partial charge >= 0.3 is 5.97 Å². The maximum absolute atomic E-state index is 12.1. The Morgan fingerprint density at radius 2 is 1.88 bits per heavy atom. The van der Waals surface area contributed by atoms with Crippen LogP contribution in [0.1, 0.15) is 46.0 Å². The standard InChI is InChI=1S/C13H22O4/c1-3-5-8-17-12(15)13(11(14)4-2)6-9-16-10-7-13/h3-10H2,1-2H3. The van der Waals surface area contributed by atoms with Crippen molar-refractivity contribution in [3.8, 4) is 0 Å². The van der Waals surface area contributed by atoms with Gasteiger partial charge in [-0.05, 0) is 19.3 Å². The van der Waals surface area contributed by atoms with E-state index in [2.05, 4.69) is 0 Å². The van der Waals surface area contributed by atoms with Crippen molar-refractivity contribution < 1.29 is 19.1 Å². The lowest BCUT2D eigenvalue weighted by Crippen LogP contribution is -2.45. The van der Waals surface area contributed by atoms with Crippen molar-refractivity contribution >= 4 is 11.8 Å². The number of carbonyl (C=O) groups is 2. The molecule has 0 radical (unpaired) electrons. The summed E-state index contributed by atoms with van der Waals surface area (Å²) in [5.74, 6) is -0.358. The molecule has 1 heterocycles. The number of ketones is 1. The summed E-state index contributed by atoms with van der Waals surface area (Å²) in [4.78, 5) is 24.1. The predicted octanol–water partition coefficient (Wildman–Crippen LogP) is 2.11. The molecule has 1 aliphatic rings. The van der Waals surface area contributed by atoms with Gasteiger partial charge in [-0.1, -0.05) is 20.3 Å². The van der Waals surface area contributed by atoms with Crippen molar-refractivity contribution in [2.75, 3.05) is 19.8 Å². The Labute approximate surface area is 103 Å². The maximum atomic E-state index is 12.1. The van der Waals surface area contributed by atoms with E-state index in [4.69, 9.17) is 9.47 Å². The first-order valence-corrected chi connectivity index (χ1v) is 6.45. The molecule has 0 aliphatic carbocycles. The highest BCUT2D eigenvalue weighted by Crippen LogP contribution is 2.34. The van der Waals surface area contributed by atoms with Crippen LogP contribution in [-0.2, 0) is 19.1 Å². The quantitative estimate of drug-likeness (QED) is 0.406. The molecule has 1 rings (SSSR count). The minimum Gasteiger partial charge on any atom is -0.465 e. The molecule has 0 bridgehead atoms. The van der Waals surface area contributed by atoms with Crippen LogP contribution in [0.25, 0.3) is 0 Å². The maximum Gasteiger partial charge on any atom is 0.319 e. The molecule has 0 aromatic carbocycles. The number of carbonyl (C=O) groups excluding carboxylic acids is 2. The molecule has 0 aromatic heterocycles. The van der Waals surface area contributed by atoms with Gasteiger partial charge in [-0.25, -0.2) is 0 Å². The van der Waals surface area contributed by atoms with E-state index in [-0.39, 0.29) is 11.8 Å². The van der Waals surface area contributed by atoms with Crippen LogP contribution in [0.2, 0.25) is 0 Å². The number of unbranched alkanes of at least 4 members (excludes halogenated alkanes) is 1. The highest BCUT2D eigenvalue weighted by Gasteiger charge is 2.46. The smallest absolute Gasteiger partial charge is 0.319 e. The van der Waals surface area contributed by atoms with Crippen molar-refractivity contribution in [1.82, 2.24) is 0 Å². The van der Waals surface area contributed by atoms with Gasteiger partial charge in [-0.15, -0.1) is 0 Å². The predicted molar refractivity (Wildman–Crippen MR) is 63.7 cm³/mol. The van der Waals surface area contributed by atoms with Gasteiger partial charge in [-0.2, -0.15) is 0 Å². The average Bonchev–Trinajstić information content (AvgIpc) is 2.38. The SMILES string of the molecule is CCCCOC(=O)C1(C(=O)CC)CCOCC1. The molecule has 4 heteroatoms. The molecule has 0 aromatic rings. The summed E-state index contributed by atoms with van der Waals surface area (Å²) in [7, 11) is 0. The summed E-state index contributed by atoms with van der Waals surface area (Å²) in [5, 5.41) is 0. The van der Waals surface area contributed by atoms with Crippen LogP contribution < -0.4 is 0 Å². The topological polar surface area (TPSA) is 52.6 Å². The van der Waals surface area contributed by atoms with Crippen LogP contribution in [0.5, 0.6) is 0 Å². The highest BCUT2D eigenvalue weighted by atomic mass is 16.5. The van der Waals surface area contributed by atoms with Gasteiger partial charge < -0.3 is 9.47 Å². The Kier molecular flexibility index (Phi) is 5.62. The van der Waals surface area contributed by atoms with Gasteiger partial charge in [0.15, 0.2) is 0 Å². The first kappa shape index (κ1) is 14.2. The third-order valence-electron chi connectivity index (χ3n) is 3.32. The first-order chi connectivity index (χ1) is 8.17. The molecule has 0 unspecified atom stereocenters. The molecule has 1 saturated heterocycles. The summed E-state index contributed by atoms with van der Waals surface area (Å²) in [6, 6.07) is 0. The Hall–Kier alpha value is -0.900. The molecule has 98 valence electrons. The second-order valence-electron chi connectivity index (χ2n) is 4.46. The Balaban J connectivity index is 2.68. The third-order valence-corrected chi connectivity index (χ3v) is 3.32. The summed E-state index contributed by atoms with van der Waals surface area (Å²) in [6.45, 7) is 5.17. The number of esters is 1. The molecule has 0 N–H and O–H groups in total. The van der Waals surface area contributed by atoms with Crippen LogP contribution in [-0.4, -0.2) is 31.6 Å². The van der Waals surface area contributed by atoms with Gasteiger partial charge in [-0.3, -0.25) is 9.59 Å². The minimum atomic E-state index is -0.930. The van der Waals surface area contributed by atoms with E-state index >= 15 is 0 Å². The summed E-state index contributed by atoms with van der Waals surface area (Å²) in [6.07, 6.45) is 3.13. The molecule has 0 amide bonds. The van der Waals surface area contributed by atoms with Crippen LogP contribution in [0.4, 0.5) is 0 Å². The Morgan fingerprint density at radius 3 is 2.41 bits per heavy atom. The average molecular weight is 242 g/mol. The molecular formula is C13H22O4. The zero-order valence-electron chi connectivity index (χ0n) is 10.8. The van der Waals surface area contributed by atoms with Crippen molar-refractivity contribution in [3.05, 3.63) is 0 Å². The molecule has 17 heavy (non-hydrogen) atoms. The largest absolute Gasteiger partial charge is 0.465 e. The van der Waals surface area contributed by atoms with Crippen molar-refractivity contribution in [3.63, 3.8) is 0 Å². The summed E-state index contributed by atoms with van der Waals surface area (Å²) in [5.41, 5.74) is -0.930. The molecule has 1 fully saturated rings. The molecule has 0 atom stereocenters. The van der Waals surface area contributed by atoms with Crippen molar-refractivity contribution in [2.24, 2.45) is 5.41 Å². The fourth-order valence-corrected chi connectivity index (χ4v) is 2.10. The van der Waals surface area contributed by atoms with Gasteiger partial charge in [0.25, 0.3) is 0 Å². The van der Waals surface area contributed by atoms with E-state index in [9.17, 15) is 9.59 Å². The summed E-state index contributed by atoms with van der Waals surface area (Å²) < 4.78 is 10.5. The van der Waals surface area contributed by atoms with Gasteiger partial charge in [0.05, 0.1) is 6.61 Å². The number of hydrogen-bond donors (Lipinski definition) is 0. The van der Waals surface area contributed by atoms with Crippen LogP contribution in [0.3, 0.4) is 0 Å². The van der Waals surface area contributed by atoms with Gasteiger partial charge in [0.1, 0.15) is 11.2 Å². The third kappa shape index (κ3) is 3.28. The van der Waals surface area contributed by atoms with Gasteiger partial charge in [0, 0.05) is 19.6 Å². The number of rotatable bonds is 6. The van der Waals surface area contributed by atoms with Crippen LogP contribution in [0.15, 0.2) is 0 Å². The normalized spacial score (nSPS) is 18.7. The Bertz CT molecular complexity index is 267. The molecule has 0 saturated carbocycles. The fourth-order valence-electron chi connectivity index (χ4n) is 2.10. The molecular weight excluding hydrogens is 220 g/mol. The zero-order valence-corrected chi connectivity index (χ0v) is 10.8. The number of hydrogen-bond acceptors (Lipinski definition) is 4. The van der Waals surface area contributed by atoms with E-state index in [1.165, 1.54) is 0 Å². The highest BCUT2D eigenvalue weighted by molar-refractivity contribution is 6.03. The summed E-state index contributed by atoms with van der Waals surface area (Å²) >= 11 is 0. The lowest BCUT2D eigenvalue weighted by molar-refractivity contribution is -0.167.